The predicted molar refractivity (Wildman–Crippen MR) is 80.5 cm³/mol. The van der Waals surface area contributed by atoms with Crippen molar-refractivity contribution in [2.24, 2.45) is 0 Å². The van der Waals surface area contributed by atoms with Crippen molar-refractivity contribution in [3.8, 4) is 6.01 Å². The van der Waals surface area contributed by atoms with Crippen LogP contribution in [-0.4, -0.2) is 41.2 Å². The van der Waals surface area contributed by atoms with E-state index < -0.39 is 0 Å². The highest BCUT2D eigenvalue weighted by Gasteiger charge is 2.17. The van der Waals surface area contributed by atoms with Gasteiger partial charge < -0.3 is 15.0 Å². The third-order valence-electron chi connectivity index (χ3n) is 3.25. The fraction of sp³-hybridized carbons (Fsp3) is 0.786. The molecule has 2 heterocycles. The summed E-state index contributed by atoms with van der Waals surface area (Å²) in [4.78, 5) is 15.5. The van der Waals surface area contributed by atoms with Crippen LogP contribution < -0.4 is 15.0 Å². The monoisotopic (exact) mass is 279 g/mol. The number of hydrogen-bond donors (Lipinski definition) is 1. The van der Waals surface area contributed by atoms with Crippen molar-refractivity contribution in [2.75, 3.05) is 36.5 Å². The van der Waals surface area contributed by atoms with E-state index in [2.05, 4.69) is 39.0 Å². The highest BCUT2D eigenvalue weighted by Crippen LogP contribution is 2.19. The van der Waals surface area contributed by atoms with Gasteiger partial charge in [-0.1, -0.05) is 20.3 Å². The van der Waals surface area contributed by atoms with Gasteiger partial charge in [-0.15, -0.1) is 0 Å². The summed E-state index contributed by atoms with van der Waals surface area (Å²) in [6, 6.07) is 0.439. The number of ether oxygens (including phenoxy) is 1. The van der Waals surface area contributed by atoms with Crippen molar-refractivity contribution in [3.63, 3.8) is 0 Å². The Morgan fingerprint density at radius 2 is 1.90 bits per heavy atom. The lowest BCUT2D eigenvalue weighted by atomic mass is 10.4. The van der Waals surface area contributed by atoms with Crippen LogP contribution in [0.15, 0.2) is 0 Å². The number of unbranched alkanes of at least 4 members (excludes halogenated alkanes) is 1. The first-order valence-electron chi connectivity index (χ1n) is 7.71. The average molecular weight is 279 g/mol. The van der Waals surface area contributed by atoms with Crippen molar-refractivity contribution < 1.29 is 4.74 Å². The third-order valence-corrected chi connectivity index (χ3v) is 3.25. The Bertz CT molecular complexity index is 407. The minimum absolute atomic E-state index is 0.439. The quantitative estimate of drug-likeness (QED) is 0.738. The summed E-state index contributed by atoms with van der Waals surface area (Å²) in [7, 11) is 0. The molecule has 0 atom stereocenters. The number of hydrogen-bond acceptors (Lipinski definition) is 6. The zero-order chi connectivity index (χ0) is 14.2. The standard InChI is InChI=1S/C14H25N5O/c1-3-5-11-20-14-17-12(15-8-4-2)16-13(18-14)19-9-6-7-10-19/h3-11H2,1-2H3,(H,15,16,17,18). The zero-order valence-corrected chi connectivity index (χ0v) is 12.6. The van der Waals surface area contributed by atoms with E-state index in [4.69, 9.17) is 4.74 Å². The predicted octanol–water partition coefficient (Wildman–Crippen LogP) is 2.47. The first-order chi connectivity index (χ1) is 9.83. The number of nitrogens with zero attached hydrogens (tertiary/aromatic N) is 4. The van der Waals surface area contributed by atoms with Crippen molar-refractivity contribution in [1.29, 1.82) is 0 Å². The molecule has 1 N–H and O–H groups in total. The van der Waals surface area contributed by atoms with Crippen LogP contribution in [0, 0.1) is 0 Å². The minimum atomic E-state index is 0.439. The van der Waals surface area contributed by atoms with Crippen LogP contribution in [0.1, 0.15) is 46.0 Å². The normalized spacial score (nSPS) is 14.6. The zero-order valence-electron chi connectivity index (χ0n) is 12.6. The molecule has 1 aromatic rings. The van der Waals surface area contributed by atoms with Crippen molar-refractivity contribution >= 4 is 11.9 Å². The molecule has 6 heteroatoms. The number of aromatic nitrogens is 3. The van der Waals surface area contributed by atoms with Gasteiger partial charge in [0.1, 0.15) is 0 Å². The number of anilines is 2. The minimum Gasteiger partial charge on any atom is -0.463 e. The molecule has 0 amide bonds. The van der Waals surface area contributed by atoms with E-state index in [1.807, 2.05) is 0 Å². The Labute approximate surface area is 121 Å². The Morgan fingerprint density at radius 3 is 2.60 bits per heavy atom. The first kappa shape index (κ1) is 14.8. The lowest BCUT2D eigenvalue weighted by Gasteiger charge is -2.16. The molecule has 1 aromatic heterocycles. The van der Waals surface area contributed by atoms with Crippen molar-refractivity contribution in [2.45, 2.75) is 46.0 Å². The van der Waals surface area contributed by atoms with Gasteiger partial charge in [0.25, 0.3) is 0 Å². The molecule has 1 aliphatic rings. The summed E-state index contributed by atoms with van der Waals surface area (Å²) in [5.41, 5.74) is 0. The Balaban J connectivity index is 2.09. The second kappa shape index (κ2) is 7.87. The Morgan fingerprint density at radius 1 is 1.10 bits per heavy atom. The maximum atomic E-state index is 5.64. The van der Waals surface area contributed by atoms with Crippen LogP contribution in [0.25, 0.3) is 0 Å². The molecule has 112 valence electrons. The van der Waals surface area contributed by atoms with Gasteiger partial charge in [0.15, 0.2) is 0 Å². The van der Waals surface area contributed by atoms with Crippen LogP contribution in [0.4, 0.5) is 11.9 Å². The summed E-state index contributed by atoms with van der Waals surface area (Å²) in [5.74, 6) is 1.36. The lowest BCUT2D eigenvalue weighted by Crippen LogP contribution is -2.22. The molecular weight excluding hydrogens is 254 g/mol. The molecular formula is C14H25N5O. The summed E-state index contributed by atoms with van der Waals surface area (Å²) in [5, 5.41) is 3.22. The second-order valence-corrected chi connectivity index (χ2v) is 5.06. The van der Waals surface area contributed by atoms with E-state index in [-0.39, 0.29) is 0 Å². The lowest BCUT2D eigenvalue weighted by molar-refractivity contribution is 0.285. The van der Waals surface area contributed by atoms with Crippen molar-refractivity contribution in [1.82, 2.24) is 15.0 Å². The molecule has 0 spiro atoms. The molecule has 6 nitrogen and oxygen atoms in total. The smallest absolute Gasteiger partial charge is 0.323 e. The van der Waals surface area contributed by atoms with Gasteiger partial charge in [-0.3, -0.25) is 0 Å². The Hall–Kier alpha value is -1.59. The molecule has 1 saturated heterocycles. The van der Waals surface area contributed by atoms with Crippen LogP contribution >= 0.6 is 0 Å². The molecule has 0 bridgehead atoms. The number of nitrogens with one attached hydrogen (secondary N) is 1. The number of rotatable bonds is 8. The van der Waals surface area contributed by atoms with E-state index in [0.29, 0.717) is 18.6 Å². The van der Waals surface area contributed by atoms with E-state index in [0.717, 1.165) is 44.8 Å². The van der Waals surface area contributed by atoms with E-state index in [9.17, 15) is 0 Å². The van der Waals surface area contributed by atoms with Gasteiger partial charge >= 0.3 is 6.01 Å². The largest absolute Gasteiger partial charge is 0.463 e. The molecule has 1 aliphatic heterocycles. The molecule has 0 unspecified atom stereocenters. The van der Waals surface area contributed by atoms with Gasteiger partial charge in [0, 0.05) is 19.6 Å². The molecule has 0 saturated carbocycles. The van der Waals surface area contributed by atoms with Gasteiger partial charge in [0.05, 0.1) is 6.61 Å². The average Bonchev–Trinajstić information content (AvgIpc) is 2.99. The maximum absolute atomic E-state index is 5.64. The van der Waals surface area contributed by atoms with Gasteiger partial charge in [-0.05, 0) is 25.7 Å². The highest BCUT2D eigenvalue weighted by atomic mass is 16.5. The summed E-state index contributed by atoms with van der Waals surface area (Å²) in [6.07, 6.45) is 5.56. The van der Waals surface area contributed by atoms with Gasteiger partial charge in [0.2, 0.25) is 11.9 Å². The van der Waals surface area contributed by atoms with E-state index in [1.54, 1.807) is 0 Å². The maximum Gasteiger partial charge on any atom is 0.323 e. The van der Waals surface area contributed by atoms with Crippen LogP contribution in [-0.2, 0) is 0 Å². The van der Waals surface area contributed by atoms with Crippen LogP contribution in [0.2, 0.25) is 0 Å². The molecule has 1 fully saturated rings. The topological polar surface area (TPSA) is 63.2 Å². The molecule has 0 aliphatic carbocycles. The SMILES string of the molecule is CCCCOc1nc(NCCC)nc(N2CCCC2)n1. The second-order valence-electron chi connectivity index (χ2n) is 5.06. The molecule has 0 radical (unpaired) electrons. The first-order valence-corrected chi connectivity index (χ1v) is 7.71. The van der Waals surface area contributed by atoms with Crippen molar-refractivity contribution in [3.05, 3.63) is 0 Å². The summed E-state index contributed by atoms with van der Waals surface area (Å²) >= 11 is 0. The fourth-order valence-electron chi connectivity index (χ4n) is 2.09. The van der Waals surface area contributed by atoms with Crippen LogP contribution in [0.3, 0.4) is 0 Å². The molecule has 0 aromatic carbocycles. The molecule has 20 heavy (non-hydrogen) atoms. The van der Waals surface area contributed by atoms with Gasteiger partial charge in [-0.25, -0.2) is 0 Å². The molecule has 2 rings (SSSR count). The van der Waals surface area contributed by atoms with Crippen LogP contribution in [0.5, 0.6) is 6.01 Å². The highest BCUT2D eigenvalue weighted by molar-refractivity contribution is 5.39. The van der Waals surface area contributed by atoms with E-state index in [1.165, 1.54) is 12.8 Å². The summed E-state index contributed by atoms with van der Waals surface area (Å²) < 4.78 is 5.64. The van der Waals surface area contributed by atoms with E-state index >= 15 is 0 Å². The third kappa shape index (κ3) is 4.21. The fourth-order valence-corrected chi connectivity index (χ4v) is 2.09. The van der Waals surface area contributed by atoms with Gasteiger partial charge in [-0.2, -0.15) is 15.0 Å². The summed E-state index contributed by atoms with van der Waals surface area (Å²) in [6.45, 7) is 7.82. The Kier molecular flexibility index (Phi) is 5.83.